The molecule has 19 heavy (non-hydrogen) atoms. The Morgan fingerprint density at radius 2 is 2.21 bits per heavy atom. The molecule has 1 amide bonds. The minimum Gasteiger partial charge on any atom is -0.494 e. The molecule has 0 aromatic heterocycles. The van der Waals surface area contributed by atoms with Gasteiger partial charge in [0.25, 0.3) is 5.91 Å². The standard InChI is InChI=1S/C14H18FNO3/c1-14(2)11(7-12(14)17)16-13(18)8-4-5-10(19-3)9(15)6-8/h4-6,11-12,17H,7H2,1-3H3,(H,16,18). The number of rotatable bonds is 3. The van der Waals surface area contributed by atoms with Crippen molar-refractivity contribution in [2.24, 2.45) is 5.41 Å². The third-order valence-electron chi connectivity index (χ3n) is 3.94. The summed E-state index contributed by atoms with van der Waals surface area (Å²) < 4.78 is 18.3. The van der Waals surface area contributed by atoms with Gasteiger partial charge in [0.1, 0.15) is 0 Å². The van der Waals surface area contributed by atoms with E-state index >= 15 is 0 Å². The maximum absolute atomic E-state index is 13.5. The lowest BCUT2D eigenvalue weighted by atomic mass is 9.64. The summed E-state index contributed by atoms with van der Waals surface area (Å²) in [7, 11) is 1.37. The summed E-state index contributed by atoms with van der Waals surface area (Å²) in [5, 5.41) is 12.4. The molecule has 0 aliphatic heterocycles. The Morgan fingerprint density at radius 1 is 1.53 bits per heavy atom. The molecule has 2 unspecified atom stereocenters. The molecule has 0 spiro atoms. The molecular formula is C14H18FNO3. The van der Waals surface area contributed by atoms with Crippen molar-refractivity contribution >= 4 is 5.91 Å². The Kier molecular flexibility index (Phi) is 3.49. The average Bonchev–Trinajstić information content (AvgIpc) is 2.38. The fraction of sp³-hybridized carbons (Fsp3) is 0.500. The van der Waals surface area contributed by atoms with Gasteiger partial charge in [-0.2, -0.15) is 0 Å². The van der Waals surface area contributed by atoms with Crippen molar-refractivity contribution < 1.29 is 19.0 Å². The first-order valence-corrected chi connectivity index (χ1v) is 6.18. The fourth-order valence-corrected chi connectivity index (χ4v) is 2.20. The first-order valence-electron chi connectivity index (χ1n) is 6.18. The second-order valence-electron chi connectivity index (χ2n) is 5.45. The number of carbonyl (C=O) groups is 1. The highest BCUT2D eigenvalue weighted by Gasteiger charge is 2.47. The van der Waals surface area contributed by atoms with Gasteiger partial charge >= 0.3 is 0 Å². The number of benzene rings is 1. The largest absolute Gasteiger partial charge is 0.494 e. The molecule has 0 radical (unpaired) electrons. The van der Waals surface area contributed by atoms with Crippen molar-refractivity contribution in [2.75, 3.05) is 7.11 Å². The highest BCUT2D eigenvalue weighted by molar-refractivity contribution is 5.94. The minimum absolute atomic E-state index is 0.0971. The van der Waals surface area contributed by atoms with Gasteiger partial charge in [-0.05, 0) is 24.6 Å². The van der Waals surface area contributed by atoms with Crippen LogP contribution in [-0.2, 0) is 0 Å². The molecule has 4 nitrogen and oxygen atoms in total. The molecule has 0 heterocycles. The first kappa shape index (κ1) is 13.8. The van der Waals surface area contributed by atoms with Crippen LogP contribution < -0.4 is 10.1 Å². The molecule has 104 valence electrons. The lowest BCUT2D eigenvalue weighted by Crippen LogP contribution is -2.61. The van der Waals surface area contributed by atoms with Gasteiger partial charge in [0.2, 0.25) is 0 Å². The molecular weight excluding hydrogens is 249 g/mol. The number of carbonyl (C=O) groups excluding carboxylic acids is 1. The van der Waals surface area contributed by atoms with Crippen LogP contribution in [0.3, 0.4) is 0 Å². The maximum atomic E-state index is 13.5. The Balaban J connectivity index is 2.07. The summed E-state index contributed by atoms with van der Waals surface area (Å²) in [6.45, 7) is 3.78. The number of methoxy groups -OCH3 is 1. The molecule has 1 aromatic rings. The van der Waals surface area contributed by atoms with Crippen LogP contribution in [0.1, 0.15) is 30.6 Å². The number of hydrogen-bond acceptors (Lipinski definition) is 3. The maximum Gasteiger partial charge on any atom is 0.251 e. The van der Waals surface area contributed by atoms with Crippen LogP contribution in [0, 0.1) is 11.2 Å². The molecule has 1 saturated carbocycles. The van der Waals surface area contributed by atoms with E-state index in [4.69, 9.17) is 4.74 Å². The van der Waals surface area contributed by atoms with E-state index < -0.39 is 11.9 Å². The molecule has 0 saturated heterocycles. The fourth-order valence-electron chi connectivity index (χ4n) is 2.20. The summed E-state index contributed by atoms with van der Waals surface area (Å²) in [6, 6.07) is 3.99. The molecule has 2 atom stereocenters. The van der Waals surface area contributed by atoms with Gasteiger partial charge in [-0.1, -0.05) is 13.8 Å². The highest BCUT2D eigenvalue weighted by atomic mass is 19.1. The van der Waals surface area contributed by atoms with Gasteiger partial charge in [0.05, 0.1) is 13.2 Å². The Hall–Kier alpha value is -1.62. The normalized spacial score (nSPS) is 24.5. The van der Waals surface area contributed by atoms with E-state index in [2.05, 4.69) is 5.32 Å². The topological polar surface area (TPSA) is 58.6 Å². The van der Waals surface area contributed by atoms with E-state index in [1.807, 2.05) is 13.8 Å². The van der Waals surface area contributed by atoms with Crippen LogP contribution in [0.25, 0.3) is 0 Å². The van der Waals surface area contributed by atoms with E-state index in [0.29, 0.717) is 6.42 Å². The predicted molar refractivity (Wildman–Crippen MR) is 68.6 cm³/mol. The Morgan fingerprint density at radius 3 is 2.68 bits per heavy atom. The molecule has 0 bridgehead atoms. The van der Waals surface area contributed by atoms with E-state index in [-0.39, 0.29) is 28.7 Å². The molecule has 1 fully saturated rings. The Labute approximate surface area is 111 Å². The molecule has 1 aliphatic carbocycles. The third-order valence-corrected chi connectivity index (χ3v) is 3.94. The number of aliphatic hydroxyl groups excluding tert-OH is 1. The first-order chi connectivity index (χ1) is 8.86. The van der Waals surface area contributed by atoms with Gasteiger partial charge in [0.15, 0.2) is 11.6 Å². The van der Waals surface area contributed by atoms with Gasteiger partial charge in [-0.15, -0.1) is 0 Å². The minimum atomic E-state index is -0.567. The Bertz CT molecular complexity index is 501. The number of aliphatic hydroxyl groups is 1. The van der Waals surface area contributed by atoms with Crippen LogP contribution in [0.2, 0.25) is 0 Å². The molecule has 1 aromatic carbocycles. The second-order valence-corrected chi connectivity index (χ2v) is 5.45. The predicted octanol–water partition coefficient (Wildman–Crippen LogP) is 1.72. The third kappa shape index (κ3) is 2.42. The van der Waals surface area contributed by atoms with Gasteiger partial charge in [0, 0.05) is 17.0 Å². The summed E-state index contributed by atoms with van der Waals surface area (Å²) in [4.78, 5) is 12.0. The van der Waals surface area contributed by atoms with Crippen molar-refractivity contribution in [3.63, 3.8) is 0 Å². The van der Waals surface area contributed by atoms with E-state index in [1.54, 1.807) is 0 Å². The van der Waals surface area contributed by atoms with Gasteiger partial charge in [-0.3, -0.25) is 4.79 Å². The van der Waals surface area contributed by atoms with Crippen molar-refractivity contribution in [1.29, 1.82) is 0 Å². The number of ether oxygens (including phenoxy) is 1. The monoisotopic (exact) mass is 267 g/mol. The molecule has 2 rings (SSSR count). The van der Waals surface area contributed by atoms with Gasteiger partial charge < -0.3 is 15.2 Å². The zero-order chi connectivity index (χ0) is 14.2. The lowest BCUT2D eigenvalue weighted by Gasteiger charge is -2.49. The number of amides is 1. The number of hydrogen-bond donors (Lipinski definition) is 2. The zero-order valence-corrected chi connectivity index (χ0v) is 11.2. The van der Waals surface area contributed by atoms with Gasteiger partial charge in [-0.25, -0.2) is 4.39 Å². The smallest absolute Gasteiger partial charge is 0.251 e. The van der Waals surface area contributed by atoms with Crippen LogP contribution >= 0.6 is 0 Å². The average molecular weight is 267 g/mol. The number of nitrogens with one attached hydrogen (secondary N) is 1. The van der Waals surface area contributed by atoms with E-state index in [0.717, 1.165) is 6.07 Å². The summed E-state index contributed by atoms with van der Waals surface area (Å²) in [5.74, 6) is -0.800. The van der Waals surface area contributed by atoms with Crippen LogP contribution in [-0.4, -0.2) is 30.3 Å². The SMILES string of the molecule is COc1ccc(C(=O)NC2CC(O)C2(C)C)cc1F. The van der Waals surface area contributed by atoms with Crippen LogP contribution in [0.15, 0.2) is 18.2 Å². The lowest BCUT2D eigenvalue weighted by molar-refractivity contribution is -0.0689. The summed E-state index contributed by atoms with van der Waals surface area (Å²) in [5.41, 5.74) is -0.101. The van der Waals surface area contributed by atoms with Crippen molar-refractivity contribution in [2.45, 2.75) is 32.4 Å². The van der Waals surface area contributed by atoms with E-state index in [9.17, 15) is 14.3 Å². The molecule has 5 heteroatoms. The second kappa shape index (κ2) is 4.81. The summed E-state index contributed by atoms with van der Waals surface area (Å²) >= 11 is 0. The molecule has 2 N–H and O–H groups in total. The highest BCUT2D eigenvalue weighted by Crippen LogP contribution is 2.40. The van der Waals surface area contributed by atoms with E-state index in [1.165, 1.54) is 19.2 Å². The zero-order valence-electron chi connectivity index (χ0n) is 11.2. The van der Waals surface area contributed by atoms with Crippen LogP contribution in [0.5, 0.6) is 5.75 Å². The van der Waals surface area contributed by atoms with Crippen LogP contribution in [0.4, 0.5) is 4.39 Å². The van der Waals surface area contributed by atoms with Crippen molar-refractivity contribution in [1.82, 2.24) is 5.32 Å². The molecule has 1 aliphatic rings. The quantitative estimate of drug-likeness (QED) is 0.876. The van der Waals surface area contributed by atoms with Crippen molar-refractivity contribution in [3.05, 3.63) is 29.6 Å². The summed E-state index contributed by atoms with van der Waals surface area (Å²) in [6.07, 6.45) is 0.114. The van der Waals surface area contributed by atoms with Crippen molar-refractivity contribution in [3.8, 4) is 5.75 Å². The number of halogens is 1.